The Bertz CT molecular complexity index is 652. The molecule has 0 amide bonds. The van der Waals surface area contributed by atoms with E-state index in [1.54, 1.807) is 18.2 Å². The first-order chi connectivity index (χ1) is 9.13. The zero-order valence-electron chi connectivity index (χ0n) is 9.66. The number of nitrogens with zero attached hydrogens (tertiary/aromatic N) is 1. The summed E-state index contributed by atoms with van der Waals surface area (Å²) in [6, 6.07) is 11.7. The molecule has 0 heterocycles. The molecule has 2 aromatic carbocycles. The van der Waals surface area contributed by atoms with E-state index in [-0.39, 0.29) is 5.75 Å². The van der Waals surface area contributed by atoms with Crippen LogP contribution in [0.5, 0.6) is 11.5 Å². The second kappa shape index (κ2) is 6.18. The van der Waals surface area contributed by atoms with Crippen LogP contribution in [-0.4, -0.2) is 0 Å². The Kier molecular flexibility index (Phi) is 4.56. The summed E-state index contributed by atoms with van der Waals surface area (Å²) in [6.07, 6.45) is 0. The second-order valence-electron chi connectivity index (χ2n) is 3.75. The molecule has 0 aliphatic rings. The first-order valence-corrected chi connectivity index (χ1v) is 7.27. The number of benzene rings is 2. The number of rotatable bonds is 3. The van der Waals surface area contributed by atoms with Gasteiger partial charge in [0.05, 0.1) is 5.56 Å². The Labute approximate surface area is 127 Å². The fourth-order valence-electron chi connectivity index (χ4n) is 1.51. The minimum absolute atomic E-state index is 0.0892. The van der Waals surface area contributed by atoms with E-state index < -0.39 is 5.82 Å². The Morgan fingerprint density at radius 2 is 1.89 bits per heavy atom. The van der Waals surface area contributed by atoms with Crippen LogP contribution in [0.1, 0.15) is 11.1 Å². The standard InChI is InChI=1S/C14H8Br2FNO/c15-7-9-1-3-13(10(5-9)8-18)19-14-4-2-11(16)6-12(14)17/h1-6H,7H2. The van der Waals surface area contributed by atoms with Gasteiger partial charge in [-0.15, -0.1) is 0 Å². The predicted octanol–water partition coefficient (Wildman–Crippen LogP) is 5.15. The number of ether oxygens (including phenoxy) is 1. The molecule has 0 aromatic heterocycles. The number of halogens is 3. The molecule has 0 atom stereocenters. The van der Waals surface area contributed by atoms with Gasteiger partial charge in [0, 0.05) is 9.80 Å². The number of nitriles is 1. The molecule has 2 aromatic rings. The minimum Gasteiger partial charge on any atom is -0.453 e. The zero-order chi connectivity index (χ0) is 13.8. The third kappa shape index (κ3) is 3.34. The zero-order valence-corrected chi connectivity index (χ0v) is 12.8. The van der Waals surface area contributed by atoms with E-state index in [1.807, 2.05) is 12.1 Å². The molecule has 0 N–H and O–H groups in total. The summed E-state index contributed by atoms with van der Waals surface area (Å²) in [5.41, 5.74) is 1.33. The van der Waals surface area contributed by atoms with Gasteiger partial charge in [-0.05, 0) is 35.9 Å². The van der Waals surface area contributed by atoms with Gasteiger partial charge < -0.3 is 4.74 Å². The van der Waals surface area contributed by atoms with Crippen molar-refractivity contribution in [2.45, 2.75) is 5.33 Å². The summed E-state index contributed by atoms with van der Waals surface area (Å²) in [7, 11) is 0. The Morgan fingerprint density at radius 1 is 1.16 bits per heavy atom. The van der Waals surface area contributed by atoms with Gasteiger partial charge in [0.2, 0.25) is 0 Å². The first-order valence-electron chi connectivity index (χ1n) is 5.36. The molecule has 0 fully saturated rings. The molecule has 2 nitrogen and oxygen atoms in total. The smallest absolute Gasteiger partial charge is 0.166 e. The fourth-order valence-corrected chi connectivity index (χ4v) is 2.20. The van der Waals surface area contributed by atoms with Gasteiger partial charge in [-0.2, -0.15) is 5.26 Å². The van der Waals surface area contributed by atoms with Gasteiger partial charge >= 0.3 is 0 Å². The Hall–Kier alpha value is -1.38. The van der Waals surface area contributed by atoms with Gasteiger partial charge in [0.15, 0.2) is 11.6 Å². The lowest BCUT2D eigenvalue weighted by Gasteiger charge is -2.09. The highest BCUT2D eigenvalue weighted by Crippen LogP contribution is 2.29. The van der Waals surface area contributed by atoms with Crippen molar-refractivity contribution < 1.29 is 9.13 Å². The van der Waals surface area contributed by atoms with E-state index in [2.05, 4.69) is 31.9 Å². The van der Waals surface area contributed by atoms with Gasteiger partial charge in [-0.1, -0.05) is 37.9 Å². The molecule has 0 radical (unpaired) electrons. The lowest BCUT2D eigenvalue weighted by atomic mass is 10.1. The Balaban J connectivity index is 2.35. The number of hydrogen-bond donors (Lipinski definition) is 0. The topological polar surface area (TPSA) is 33.0 Å². The van der Waals surface area contributed by atoms with Crippen LogP contribution in [0.2, 0.25) is 0 Å². The van der Waals surface area contributed by atoms with Crippen molar-refractivity contribution in [1.29, 1.82) is 5.26 Å². The molecule has 19 heavy (non-hydrogen) atoms. The maximum Gasteiger partial charge on any atom is 0.166 e. The maximum atomic E-state index is 13.7. The fraction of sp³-hybridized carbons (Fsp3) is 0.0714. The van der Waals surface area contributed by atoms with Crippen molar-refractivity contribution in [2.24, 2.45) is 0 Å². The molecule has 5 heteroatoms. The van der Waals surface area contributed by atoms with Crippen molar-refractivity contribution in [1.82, 2.24) is 0 Å². The SMILES string of the molecule is N#Cc1cc(CBr)ccc1Oc1ccc(Br)cc1F. The molecular formula is C14H8Br2FNO. The quantitative estimate of drug-likeness (QED) is 0.685. The van der Waals surface area contributed by atoms with E-state index in [4.69, 9.17) is 10.00 Å². The monoisotopic (exact) mass is 383 g/mol. The van der Waals surface area contributed by atoms with Crippen LogP contribution in [0, 0.1) is 17.1 Å². The van der Waals surface area contributed by atoms with E-state index in [0.717, 1.165) is 5.56 Å². The van der Waals surface area contributed by atoms with Crippen molar-refractivity contribution in [3.05, 3.63) is 57.8 Å². The predicted molar refractivity (Wildman–Crippen MR) is 78.0 cm³/mol. The number of alkyl halides is 1. The summed E-state index contributed by atoms with van der Waals surface area (Å²) in [6.45, 7) is 0. The lowest BCUT2D eigenvalue weighted by molar-refractivity contribution is 0.441. The molecule has 0 aliphatic heterocycles. The van der Waals surface area contributed by atoms with E-state index >= 15 is 0 Å². The largest absolute Gasteiger partial charge is 0.453 e. The van der Waals surface area contributed by atoms with Crippen LogP contribution in [0.15, 0.2) is 40.9 Å². The minimum atomic E-state index is -0.483. The molecule has 0 saturated carbocycles. The molecule has 2 rings (SSSR count). The van der Waals surface area contributed by atoms with Gasteiger partial charge in [0.1, 0.15) is 11.8 Å². The van der Waals surface area contributed by atoms with Crippen molar-refractivity contribution >= 4 is 31.9 Å². The van der Waals surface area contributed by atoms with E-state index in [1.165, 1.54) is 12.1 Å². The van der Waals surface area contributed by atoms with Crippen LogP contribution in [-0.2, 0) is 5.33 Å². The number of hydrogen-bond acceptors (Lipinski definition) is 2. The molecule has 96 valence electrons. The average Bonchev–Trinajstić information content (AvgIpc) is 2.42. The molecule has 0 saturated heterocycles. The highest BCUT2D eigenvalue weighted by atomic mass is 79.9. The summed E-state index contributed by atoms with van der Waals surface area (Å²) >= 11 is 6.49. The van der Waals surface area contributed by atoms with Gasteiger partial charge in [-0.25, -0.2) is 4.39 Å². The van der Waals surface area contributed by atoms with E-state index in [9.17, 15) is 4.39 Å². The van der Waals surface area contributed by atoms with Gasteiger partial charge in [0.25, 0.3) is 0 Å². The molecule has 0 aliphatic carbocycles. The lowest BCUT2D eigenvalue weighted by Crippen LogP contribution is -1.92. The molecule has 0 unspecified atom stereocenters. The van der Waals surface area contributed by atoms with Crippen LogP contribution in [0.25, 0.3) is 0 Å². The summed E-state index contributed by atoms with van der Waals surface area (Å²) in [5, 5.41) is 9.73. The Morgan fingerprint density at radius 3 is 2.53 bits per heavy atom. The highest BCUT2D eigenvalue weighted by molar-refractivity contribution is 9.10. The third-order valence-corrected chi connectivity index (χ3v) is 3.57. The highest BCUT2D eigenvalue weighted by Gasteiger charge is 2.09. The van der Waals surface area contributed by atoms with Crippen LogP contribution < -0.4 is 4.74 Å². The van der Waals surface area contributed by atoms with Crippen LogP contribution in [0.4, 0.5) is 4.39 Å². The second-order valence-corrected chi connectivity index (χ2v) is 5.23. The normalized spacial score (nSPS) is 10.0. The molecule has 0 bridgehead atoms. The molecule has 0 spiro atoms. The van der Waals surface area contributed by atoms with E-state index in [0.29, 0.717) is 21.1 Å². The molecular weight excluding hydrogens is 377 g/mol. The van der Waals surface area contributed by atoms with Crippen LogP contribution in [0.3, 0.4) is 0 Å². The average molecular weight is 385 g/mol. The maximum absolute atomic E-state index is 13.7. The summed E-state index contributed by atoms with van der Waals surface area (Å²) in [5.74, 6) is -0.0532. The first kappa shape index (κ1) is 14.0. The van der Waals surface area contributed by atoms with Gasteiger partial charge in [-0.3, -0.25) is 0 Å². The van der Waals surface area contributed by atoms with Crippen molar-refractivity contribution in [2.75, 3.05) is 0 Å². The third-order valence-electron chi connectivity index (χ3n) is 2.43. The van der Waals surface area contributed by atoms with Crippen molar-refractivity contribution in [3.8, 4) is 17.6 Å². The summed E-state index contributed by atoms with van der Waals surface area (Å²) in [4.78, 5) is 0. The van der Waals surface area contributed by atoms with Crippen molar-refractivity contribution in [3.63, 3.8) is 0 Å². The summed E-state index contributed by atoms with van der Waals surface area (Å²) < 4.78 is 19.8. The van der Waals surface area contributed by atoms with Crippen LogP contribution >= 0.6 is 31.9 Å².